The molecule has 0 saturated heterocycles. The normalized spacial score (nSPS) is 11.6. The number of para-hydroxylation sites is 2. The number of aromatic nitrogens is 2. The lowest BCUT2D eigenvalue weighted by atomic mass is 10.0. The summed E-state index contributed by atoms with van der Waals surface area (Å²) in [6, 6.07) is 26.3. The Morgan fingerprint density at radius 2 is 1.63 bits per heavy atom. The second kappa shape index (κ2) is 8.97. The largest absolute Gasteiger partial charge is 0.322 e. The average molecular weight is 415 g/mol. The molecule has 3 aromatic carbocycles. The van der Waals surface area contributed by atoms with Crippen molar-refractivity contribution < 1.29 is 4.79 Å². The van der Waals surface area contributed by atoms with Gasteiger partial charge in [0.05, 0.1) is 22.5 Å². The number of aryl methyl sites for hydroxylation is 1. The van der Waals surface area contributed by atoms with Gasteiger partial charge in [-0.25, -0.2) is 10.4 Å². The lowest BCUT2D eigenvalue weighted by Gasteiger charge is -2.05. The third-order valence-corrected chi connectivity index (χ3v) is 5.87. The second-order valence-corrected chi connectivity index (χ2v) is 7.85. The minimum absolute atomic E-state index is 0.160. The maximum Gasteiger partial charge on any atom is 0.250 e. The Kier molecular flexibility index (Phi) is 5.95. The van der Waals surface area contributed by atoms with Crippen LogP contribution in [-0.2, 0) is 11.8 Å². The Balaban J connectivity index is 1.35. The van der Waals surface area contributed by atoms with Gasteiger partial charge in [-0.05, 0) is 35.7 Å². The smallest absolute Gasteiger partial charge is 0.250 e. The van der Waals surface area contributed by atoms with Crippen LogP contribution in [0, 0.1) is 0 Å². The molecule has 0 aliphatic heterocycles. The molecule has 0 bridgehead atoms. The van der Waals surface area contributed by atoms with Crippen molar-refractivity contribution in [3.63, 3.8) is 0 Å². The Morgan fingerprint density at radius 3 is 2.37 bits per heavy atom. The van der Waals surface area contributed by atoms with E-state index in [0.717, 1.165) is 33.0 Å². The van der Waals surface area contributed by atoms with Crippen LogP contribution in [0.15, 0.2) is 89.1 Å². The summed E-state index contributed by atoms with van der Waals surface area (Å²) < 4.78 is 2.00. The van der Waals surface area contributed by atoms with Gasteiger partial charge in [-0.1, -0.05) is 78.5 Å². The number of carbonyl (C=O) groups excluding carboxylic acids is 1. The van der Waals surface area contributed by atoms with Crippen molar-refractivity contribution in [2.75, 3.05) is 5.75 Å². The van der Waals surface area contributed by atoms with E-state index in [9.17, 15) is 4.79 Å². The first kappa shape index (κ1) is 19.9. The fraction of sp³-hybridized carbons (Fsp3) is 0.125. The molecule has 0 fully saturated rings. The summed E-state index contributed by atoms with van der Waals surface area (Å²) in [5.74, 6) is 0.0910. The topological polar surface area (TPSA) is 59.3 Å². The fourth-order valence-corrected chi connectivity index (χ4v) is 3.94. The van der Waals surface area contributed by atoms with E-state index >= 15 is 0 Å². The first-order valence-electron chi connectivity index (χ1n) is 9.65. The van der Waals surface area contributed by atoms with Crippen molar-refractivity contribution in [3.8, 4) is 11.1 Å². The predicted molar refractivity (Wildman–Crippen MR) is 124 cm³/mol. The number of nitrogens with one attached hydrogen (secondary N) is 1. The molecule has 30 heavy (non-hydrogen) atoms. The molecule has 1 heterocycles. The van der Waals surface area contributed by atoms with Crippen LogP contribution in [0.3, 0.4) is 0 Å². The number of rotatable bonds is 6. The molecular weight excluding hydrogens is 392 g/mol. The average Bonchev–Trinajstić information content (AvgIpc) is 3.12. The molecule has 0 radical (unpaired) electrons. The third kappa shape index (κ3) is 4.44. The quantitative estimate of drug-likeness (QED) is 0.278. The van der Waals surface area contributed by atoms with Gasteiger partial charge in [0.15, 0.2) is 5.16 Å². The Labute approximate surface area is 179 Å². The zero-order valence-corrected chi connectivity index (χ0v) is 17.7. The minimum atomic E-state index is -0.160. The van der Waals surface area contributed by atoms with Gasteiger partial charge in [-0.3, -0.25) is 4.79 Å². The molecule has 0 spiro atoms. The zero-order valence-electron chi connectivity index (χ0n) is 16.9. The maximum absolute atomic E-state index is 12.2. The van der Waals surface area contributed by atoms with E-state index in [2.05, 4.69) is 39.8 Å². The summed E-state index contributed by atoms with van der Waals surface area (Å²) in [4.78, 5) is 16.8. The number of carbonyl (C=O) groups is 1. The third-order valence-electron chi connectivity index (χ3n) is 4.84. The zero-order chi connectivity index (χ0) is 20.9. The van der Waals surface area contributed by atoms with E-state index in [1.807, 2.05) is 73.1 Å². The number of hydrazone groups is 1. The van der Waals surface area contributed by atoms with Gasteiger partial charge >= 0.3 is 0 Å². The number of hydrogen-bond acceptors (Lipinski definition) is 4. The second-order valence-electron chi connectivity index (χ2n) is 6.91. The van der Waals surface area contributed by atoms with Gasteiger partial charge in [0.2, 0.25) is 0 Å². The van der Waals surface area contributed by atoms with Crippen LogP contribution in [0.25, 0.3) is 22.2 Å². The Bertz CT molecular complexity index is 1200. The highest BCUT2D eigenvalue weighted by atomic mass is 32.2. The molecule has 4 rings (SSSR count). The van der Waals surface area contributed by atoms with E-state index in [1.54, 1.807) is 0 Å². The molecule has 1 aromatic heterocycles. The van der Waals surface area contributed by atoms with Crippen molar-refractivity contribution in [3.05, 3.63) is 84.4 Å². The lowest BCUT2D eigenvalue weighted by Crippen LogP contribution is -2.21. The van der Waals surface area contributed by atoms with E-state index in [1.165, 1.54) is 17.3 Å². The van der Waals surface area contributed by atoms with Crippen LogP contribution in [-0.4, -0.2) is 26.9 Å². The molecular formula is C24H22N4OS. The number of amides is 1. The molecule has 0 saturated carbocycles. The molecule has 0 aliphatic rings. The van der Waals surface area contributed by atoms with Gasteiger partial charge < -0.3 is 4.57 Å². The maximum atomic E-state index is 12.2. The molecule has 0 atom stereocenters. The number of imidazole rings is 1. The van der Waals surface area contributed by atoms with Crippen molar-refractivity contribution >= 4 is 34.4 Å². The van der Waals surface area contributed by atoms with Crippen LogP contribution in [0.5, 0.6) is 0 Å². The molecule has 6 heteroatoms. The first-order chi connectivity index (χ1) is 14.6. The standard InChI is InChI=1S/C24H22N4OS/c1-17(18-12-14-20(15-13-18)19-8-4-3-5-9-19)26-27-23(29)16-30-24-25-21-10-6-7-11-22(21)28(24)2/h3-15H,16H2,1-2H3,(H,27,29)/b26-17+. The Hall–Kier alpha value is -3.38. The predicted octanol–water partition coefficient (Wildman–Crippen LogP) is 4.87. The summed E-state index contributed by atoms with van der Waals surface area (Å²) in [6.07, 6.45) is 0. The van der Waals surface area contributed by atoms with E-state index < -0.39 is 0 Å². The van der Waals surface area contributed by atoms with Gasteiger partial charge in [0.25, 0.3) is 5.91 Å². The first-order valence-corrected chi connectivity index (χ1v) is 10.6. The SMILES string of the molecule is C/C(=N\NC(=O)CSc1nc2ccccc2n1C)c1ccc(-c2ccccc2)cc1. The van der Waals surface area contributed by atoms with Gasteiger partial charge in [-0.15, -0.1) is 0 Å². The molecule has 5 nitrogen and oxygen atoms in total. The van der Waals surface area contributed by atoms with Crippen LogP contribution < -0.4 is 5.43 Å². The van der Waals surface area contributed by atoms with Crippen LogP contribution in [0.4, 0.5) is 0 Å². The number of nitrogens with zero attached hydrogens (tertiary/aromatic N) is 3. The number of fused-ring (bicyclic) bond motifs is 1. The molecule has 1 N–H and O–H groups in total. The highest BCUT2D eigenvalue weighted by Crippen LogP contribution is 2.22. The van der Waals surface area contributed by atoms with Crippen molar-refractivity contribution in [2.45, 2.75) is 12.1 Å². The lowest BCUT2D eigenvalue weighted by molar-refractivity contribution is -0.118. The number of benzene rings is 3. The van der Waals surface area contributed by atoms with Crippen molar-refractivity contribution in [1.82, 2.24) is 15.0 Å². The molecule has 1 amide bonds. The monoisotopic (exact) mass is 414 g/mol. The van der Waals surface area contributed by atoms with Crippen LogP contribution in [0.2, 0.25) is 0 Å². The van der Waals surface area contributed by atoms with Crippen molar-refractivity contribution in [1.29, 1.82) is 0 Å². The van der Waals surface area contributed by atoms with Gasteiger partial charge in [-0.2, -0.15) is 5.10 Å². The summed E-state index contributed by atoms with van der Waals surface area (Å²) in [6.45, 7) is 1.89. The van der Waals surface area contributed by atoms with Gasteiger partial charge in [0.1, 0.15) is 0 Å². The summed E-state index contributed by atoms with van der Waals surface area (Å²) in [7, 11) is 1.96. The number of hydrogen-bond donors (Lipinski definition) is 1. The molecule has 150 valence electrons. The summed E-state index contributed by atoms with van der Waals surface area (Å²) in [5.41, 5.74) is 8.67. The summed E-state index contributed by atoms with van der Waals surface area (Å²) in [5, 5.41) is 5.06. The van der Waals surface area contributed by atoms with Crippen molar-refractivity contribution in [2.24, 2.45) is 12.1 Å². The molecule has 4 aromatic rings. The van der Waals surface area contributed by atoms with Crippen LogP contribution in [0.1, 0.15) is 12.5 Å². The minimum Gasteiger partial charge on any atom is -0.322 e. The molecule has 0 aliphatic carbocycles. The Morgan fingerprint density at radius 1 is 0.967 bits per heavy atom. The van der Waals surface area contributed by atoms with Gasteiger partial charge in [0, 0.05) is 7.05 Å². The fourth-order valence-electron chi connectivity index (χ4n) is 3.16. The number of thioether (sulfide) groups is 1. The van der Waals surface area contributed by atoms with E-state index in [-0.39, 0.29) is 11.7 Å². The highest BCUT2D eigenvalue weighted by Gasteiger charge is 2.10. The molecule has 0 unspecified atom stereocenters. The summed E-state index contributed by atoms with van der Waals surface area (Å²) >= 11 is 1.40. The van der Waals surface area contributed by atoms with E-state index in [0.29, 0.717) is 0 Å². The van der Waals surface area contributed by atoms with Crippen LogP contribution >= 0.6 is 11.8 Å². The van der Waals surface area contributed by atoms with E-state index in [4.69, 9.17) is 0 Å². The highest BCUT2D eigenvalue weighted by molar-refractivity contribution is 7.99.